The summed E-state index contributed by atoms with van der Waals surface area (Å²) in [6.07, 6.45) is 9.06. The van der Waals surface area contributed by atoms with Gasteiger partial charge in [-0.1, -0.05) is 5.57 Å². The lowest BCUT2D eigenvalue weighted by Gasteiger charge is -2.32. The van der Waals surface area contributed by atoms with Crippen molar-refractivity contribution < 1.29 is 9.59 Å². The van der Waals surface area contributed by atoms with E-state index in [1.807, 2.05) is 4.90 Å². The van der Waals surface area contributed by atoms with E-state index in [4.69, 9.17) is 0 Å². The highest BCUT2D eigenvalue weighted by molar-refractivity contribution is 5.94. The number of pyridine rings is 1. The molecule has 0 radical (unpaired) electrons. The zero-order chi connectivity index (χ0) is 16.2. The molecule has 1 saturated carbocycles. The van der Waals surface area contributed by atoms with E-state index < -0.39 is 0 Å². The molecule has 0 bridgehead atoms. The third kappa shape index (κ3) is 4.18. The Morgan fingerprint density at radius 1 is 1.26 bits per heavy atom. The average Bonchev–Trinajstić information content (AvgIpc) is 3.41. The van der Waals surface area contributed by atoms with Gasteiger partial charge in [-0.3, -0.25) is 14.6 Å². The highest BCUT2D eigenvalue weighted by Crippen LogP contribution is 2.36. The van der Waals surface area contributed by atoms with E-state index in [1.54, 1.807) is 30.6 Å². The van der Waals surface area contributed by atoms with Gasteiger partial charge >= 0.3 is 0 Å². The minimum Gasteiger partial charge on any atom is -0.349 e. The maximum Gasteiger partial charge on any atom is 0.253 e. The summed E-state index contributed by atoms with van der Waals surface area (Å²) in [6.45, 7) is 3.45. The fraction of sp³-hybridized carbons (Fsp3) is 0.500. The van der Waals surface area contributed by atoms with Crippen LogP contribution in [-0.4, -0.2) is 40.8 Å². The van der Waals surface area contributed by atoms with Crippen molar-refractivity contribution in [3.05, 3.63) is 41.7 Å². The quantitative estimate of drug-likeness (QED) is 0.867. The lowest BCUT2D eigenvalue weighted by molar-refractivity contribution is -0.127. The molecule has 122 valence electrons. The van der Waals surface area contributed by atoms with E-state index in [-0.39, 0.29) is 17.9 Å². The molecule has 5 nitrogen and oxygen atoms in total. The van der Waals surface area contributed by atoms with Crippen molar-refractivity contribution in [3.63, 3.8) is 0 Å². The molecule has 2 amide bonds. The van der Waals surface area contributed by atoms with Gasteiger partial charge in [0.15, 0.2) is 0 Å². The molecule has 1 saturated heterocycles. The Labute approximate surface area is 136 Å². The molecule has 0 aromatic carbocycles. The van der Waals surface area contributed by atoms with Crippen LogP contribution in [0.3, 0.4) is 0 Å². The number of nitrogens with one attached hydrogen (secondary N) is 1. The Kier molecular flexibility index (Phi) is 4.74. The Hall–Kier alpha value is -2.17. The zero-order valence-electron chi connectivity index (χ0n) is 13.5. The summed E-state index contributed by atoms with van der Waals surface area (Å²) in [5, 5.41) is 3.03. The van der Waals surface area contributed by atoms with E-state index in [1.165, 1.54) is 18.4 Å². The van der Waals surface area contributed by atoms with Crippen molar-refractivity contribution in [2.24, 2.45) is 5.92 Å². The number of likely N-dealkylation sites (tertiary alicyclic amines) is 1. The molecule has 0 atom stereocenters. The van der Waals surface area contributed by atoms with E-state index in [0.29, 0.717) is 24.6 Å². The Balaban J connectivity index is 1.47. The molecule has 3 rings (SSSR count). The summed E-state index contributed by atoms with van der Waals surface area (Å²) in [5.41, 5.74) is 1.79. The van der Waals surface area contributed by atoms with Crippen molar-refractivity contribution in [2.75, 3.05) is 13.1 Å². The van der Waals surface area contributed by atoms with Crippen LogP contribution in [-0.2, 0) is 4.79 Å². The van der Waals surface area contributed by atoms with Crippen LogP contribution in [0.4, 0.5) is 0 Å². The molecule has 5 heteroatoms. The average molecular weight is 313 g/mol. The third-order valence-corrected chi connectivity index (χ3v) is 4.64. The summed E-state index contributed by atoms with van der Waals surface area (Å²) >= 11 is 0. The standard InChI is InChI=1S/C18H23N3O2/c1-13(14-4-5-14)11-17(22)21-9-6-16(7-10-21)20-18(23)15-3-2-8-19-12-15/h2-3,8,11-12,14,16H,4-7,9-10H2,1H3,(H,20,23)/b13-11+. The van der Waals surface area contributed by atoms with Crippen LogP contribution in [0, 0.1) is 5.92 Å². The molecule has 2 aliphatic rings. The van der Waals surface area contributed by atoms with Crippen molar-refractivity contribution in [3.8, 4) is 0 Å². The topological polar surface area (TPSA) is 62.3 Å². The van der Waals surface area contributed by atoms with Crippen LogP contribution in [0.1, 0.15) is 43.0 Å². The number of hydrogen-bond donors (Lipinski definition) is 1. The summed E-state index contributed by atoms with van der Waals surface area (Å²) < 4.78 is 0. The number of nitrogens with zero attached hydrogens (tertiary/aromatic N) is 2. The van der Waals surface area contributed by atoms with Gasteiger partial charge in [-0.2, -0.15) is 0 Å². The van der Waals surface area contributed by atoms with Gasteiger partial charge in [0.2, 0.25) is 5.91 Å². The normalized spacial score (nSPS) is 19.5. The Morgan fingerprint density at radius 3 is 2.61 bits per heavy atom. The first-order valence-electron chi connectivity index (χ1n) is 8.31. The fourth-order valence-corrected chi connectivity index (χ4v) is 2.95. The highest BCUT2D eigenvalue weighted by atomic mass is 16.2. The molecule has 0 unspecified atom stereocenters. The maximum absolute atomic E-state index is 12.2. The molecule has 23 heavy (non-hydrogen) atoms. The van der Waals surface area contributed by atoms with Crippen molar-refractivity contribution in [1.29, 1.82) is 0 Å². The molecule has 1 aliphatic carbocycles. The first-order valence-corrected chi connectivity index (χ1v) is 8.31. The van der Waals surface area contributed by atoms with Gasteiger partial charge < -0.3 is 10.2 Å². The van der Waals surface area contributed by atoms with Crippen LogP contribution in [0.5, 0.6) is 0 Å². The lowest BCUT2D eigenvalue weighted by atomic mass is 10.0. The smallest absolute Gasteiger partial charge is 0.253 e. The number of rotatable bonds is 4. The first kappa shape index (κ1) is 15.7. The molecule has 2 heterocycles. The van der Waals surface area contributed by atoms with Gasteiger partial charge in [-0.05, 0) is 50.7 Å². The van der Waals surface area contributed by atoms with Crippen molar-refractivity contribution in [2.45, 2.75) is 38.6 Å². The van der Waals surface area contributed by atoms with Gasteiger partial charge in [0, 0.05) is 37.6 Å². The van der Waals surface area contributed by atoms with Crippen LogP contribution >= 0.6 is 0 Å². The predicted octanol–water partition coefficient (Wildman–Crippen LogP) is 2.16. The second-order valence-electron chi connectivity index (χ2n) is 6.48. The minimum atomic E-state index is -0.0904. The van der Waals surface area contributed by atoms with E-state index in [2.05, 4.69) is 17.2 Å². The number of piperidine rings is 1. The Morgan fingerprint density at radius 2 is 2.00 bits per heavy atom. The van der Waals surface area contributed by atoms with Gasteiger partial charge in [-0.25, -0.2) is 0 Å². The van der Waals surface area contributed by atoms with Crippen LogP contribution < -0.4 is 5.32 Å². The van der Waals surface area contributed by atoms with Crippen LogP contribution in [0.15, 0.2) is 36.2 Å². The van der Waals surface area contributed by atoms with E-state index in [0.717, 1.165) is 12.8 Å². The summed E-state index contributed by atoms with van der Waals surface area (Å²) in [7, 11) is 0. The third-order valence-electron chi connectivity index (χ3n) is 4.64. The summed E-state index contributed by atoms with van der Waals surface area (Å²) in [6, 6.07) is 3.64. The summed E-state index contributed by atoms with van der Waals surface area (Å²) in [5.74, 6) is 0.661. The Bertz CT molecular complexity index is 600. The minimum absolute atomic E-state index is 0.0904. The molecule has 1 N–H and O–H groups in total. The van der Waals surface area contributed by atoms with Crippen molar-refractivity contribution in [1.82, 2.24) is 15.2 Å². The molecule has 1 aromatic rings. The van der Waals surface area contributed by atoms with E-state index in [9.17, 15) is 9.59 Å². The number of carbonyl (C=O) groups is 2. The number of allylic oxidation sites excluding steroid dienone is 1. The first-order chi connectivity index (χ1) is 11.1. The zero-order valence-corrected chi connectivity index (χ0v) is 13.5. The molecule has 2 fully saturated rings. The number of carbonyl (C=O) groups excluding carboxylic acids is 2. The molecule has 0 spiro atoms. The van der Waals surface area contributed by atoms with Gasteiger partial charge in [0.05, 0.1) is 5.56 Å². The van der Waals surface area contributed by atoms with E-state index >= 15 is 0 Å². The largest absolute Gasteiger partial charge is 0.349 e. The van der Waals surface area contributed by atoms with Crippen molar-refractivity contribution >= 4 is 11.8 Å². The molecule has 1 aliphatic heterocycles. The highest BCUT2D eigenvalue weighted by Gasteiger charge is 2.26. The molecular formula is C18H23N3O2. The predicted molar refractivity (Wildman–Crippen MR) is 87.8 cm³/mol. The number of aromatic nitrogens is 1. The summed E-state index contributed by atoms with van der Waals surface area (Å²) in [4.78, 5) is 30.2. The molecular weight excluding hydrogens is 290 g/mol. The van der Waals surface area contributed by atoms with Crippen LogP contribution in [0.2, 0.25) is 0 Å². The number of hydrogen-bond acceptors (Lipinski definition) is 3. The lowest BCUT2D eigenvalue weighted by Crippen LogP contribution is -2.46. The molecule has 1 aromatic heterocycles. The SMILES string of the molecule is C/C(=C\C(=O)N1CCC(NC(=O)c2cccnc2)CC1)C1CC1. The van der Waals surface area contributed by atoms with Crippen LogP contribution in [0.25, 0.3) is 0 Å². The number of amides is 2. The van der Waals surface area contributed by atoms with Gasteiger partial charge in [-0.15, -0.1) is 0 Å². The second-order valence-corrected chi connectivity index (χ2v) is 6.48. The second kappa shape index (κ2) is 6.94. The van der Waals surface area contributed by atoms with Gasteiger partial charge in [0.25, 0.3) is 5.91 Å². The van der Waals surface area contributed by atoms with Gasteiger partial charge in [0.1, 0.15) is 0 Å². The maximum atomic E-state index is 12.2. The fourth-order valence-electron chi connectivity index (χ4n) is 2.95. The monoisotopic (exact) mass is 313 g/mol.